The lowest BCUT2D eigenvalue weighted by molar-refractivity contribution is -0.120. The Morgan fingerprint density at radius 3 is 2.70 bits per heavy atom. The average Bonchev–Trinajstić information content (AvgIpc) is 2.41. The van der Waals surface area contributed by atoms with E-state index in [9.17, 15) is 4.79 Å². The van der Waals surface area contributed by atoms with Crippen LogP contribution in [0.5, 0.6) is 0 Å². The molecule has 0 heterocycles. The number of amides is 1. The van der Waals surface area contributed by atoms with Crippen molar-refractivity contribution in [1.29, 1.82) is 0 Å². The van der Waals surface area contributed by atoms with Crippen LogP contribution in [-0.2, 0) is 17.6 Å². The van der Waals surface area contributed by atoms with Gasteiger partial charge >= 0.3 is 0 Å². The van der Waals surface area contributed by atoms with Crippen LogP contribution in [-0.4, -0.2) is 12.5 Å². The average molecular weight is 289 g/mol. The van der Waals surface area contributed by atoms with Crippen molar-refractivity contribution in [3.05, 3.63) is 64.7 Å². The molecule has 2 aromatic carbocycles. The molecule has 0 atom stereocenters. The minimum absolute atomic E-state index is 0.0232. The monoisotopic (exact) mass is 288 g/mol. The Kier molecular flexibility index (Phi) is 5.02. The molecule has 0 spiro atoms. The fourth-order valence-electron chi connectivity index (χ4n) is 1.97. The largest absolute Gasteiger partial charge is 0.398 e. The maximum absolute atomic E-state index is 11.8. The number of benzene rings is 2. The molecule has 3 nitrogen and oxygen atoms in total. The van der Waals surface area contributed by atoms with Crippen LogP contribution in [0.25, 0.3) is 0 Å². The minimum atomic E-state index is -0.0232. The van der Waals surface area contributed by atoms with Gasteiger partial charge < -0.3 is 11.1 Å². The van der Waals surface area contributed by atoms with Crippen molar-refractivity contribution >= 4 is 23.2 Å². The molecule has 4 heteroatoms. The van der Waals surface area contributed by atoms with Crippen molar-refractivity contribution in [2.24, 2.45) is 0 Å². The van der Waals surface area contributed by atoms with E-state index in [0.29, 0.717) is 23.7 Å². The molecule has 2 rings (SSSR count). The zero-order valence-corrected chi connectivity index (χ0v) is 11.9. The van der Waals surface area contributed by atoms with Crippen LogP contribution in [0.1, 0.15) is 11.1 Å². The summed E-state index contributed by atoms with van der Waals surface area (Å²) in [6.45, 7) is 0.589. The highest BCUT2D eigenvalue weighted by Gasteiger charge is 2.05. The van der Waals surface area contributed by atoms with Gasteiger partial charge in [0.25, 0.3) is 0 Å². The molecule has 0 bridgehead atoms. The zero-order chi connectivity index (χ0) is 14.4. The highest BCUT2D eigenvalue weighted by atomic mass is 35.5. The summed E-state index contributed by atoms with van der Waals surface area (Å²) in [5.41, 5.74) is 8.42. The van der Waals surface area contributed by atoms with Crippen molar-refractivity contribution in [3.8, 4) is 0 Å². The number of halogens is 1. The first-order valence-electron chi connectivity index (χ1n) is 6.49. The Labute approximate surface area is 123 Å². The second-order valence-electron chi connectivity index (χ2n) is 4.61. The van der Waals surface area contributed by atoms with Gasteiger partial charge in [0.15, 0.2) is 0 Å². The van der Waals surface area contributed by atoms with Gasteiger partial charge in [0.05, 0.1) is 6.42 Å². The number of hydrogen-bond acceptors (Lipinski definition) is 2. The van der Waals surface area contributed by atoms with Gasteiger partial charge in [-0.25, -0.2) is 0 Å². The first kappa shape index (κ1) is 14.4. The number of hydrogen-bond donors (Lipinski definition) is 2. The van der Waals surface area contributed by atoms with Crippen molar-refractivity contribution < 1.29 is 4.79 Å². The molecule has 0 saturated carbocycles. The van der Waals surface area contributed by atoms with Gasteiger partial charge in [-0.05, 0) is 35.7 Å². The fourth-order valence-corrected chi connectivity index (χ4v) is 2.18. The third-order valence-electron chi connectivity index (χ3n) is 3.03. The molecule has 0 fully saturated rings. The van der Waals surface area contributed by atoms with Crippen LogP contribution in [0.3, 0.4) is 0 Å². The SMILES string of the molecule is Nc1ccccc1CC(=O)NCCc1cccc(Cl)c1. The molecule has 0 aromatic heterocycles. The lowest BCUT2D eigenvalue weighted by atomic mass is 10.1. The van der Waals surface area contributed by atoms with Crippen LogP contribution in [0.15, 0.2) is 48.5 Å². The van der Waals surface area contributed by atoms with Crippen LogP contribution >= 0.6 is 11.6 Å². The summed E-state index contributed by atoms with van der Waals surface area (Å²) >= 11 is 5.91. The molecule has 0 saturated heterocycles. The predicted octanol–water partition coefficient (Wildman–Crippen LogP) is 2.82. The third-order valence-corrected chi connectivity index (χ3v) is 3.27. The van der Waals surface area contributed by atoms with Crippen LogP contribution in [0.4, 0.5) is 5.69 Å². The van der Waals surface area contributed by atoms with Crippen LogP contribution in [0, 0.1) is 0 Å². The molecule has 104 valence electrons. The number of nitrogens with two attached hydrogens (primary N) is 1. The summed E-state index contributed by atoms with van der Waals surface area (Å²) in [5, 5.41) is 3.60. The number of carbonyl (C=O) groups excluding carboxylic acids is 1. The van der Waals surface area contributed by atoms with E-state index >= 15 is 0 Å². The van der Waals surface area contributed by atoms with E-state index in [1.165, 1.54) is 0 Å². The number of nitrogen functional groups attached to an aromatic ring is 1. The number of carbonyl (C=O) groups is 1. The highest BCUT2D eigenvalue weighted by molar-refractivity contribution is 6.30. The van der Waals surface area contributed by atoms with Crippen molar-refractivity contribution in [3.63, 3.8) is 0 Å². The molecule has 0 aliphatic heterocycles. The van der Waals surface area contributed by atoms with Gasteiger partial charge in [0, 0.05) is 17.3 Å². The highest BCUT2D eigenvalue weighted by Crippen LogP contribution is 2.12. The van der Waals surface area contributed by atoms with Gasteiger partial charge in [-0.15, -0.1) is 0 Å². The van der Waals surface area contributed by atoms with Gasteiger partial charge in [0.2, 0.25) is 5.91 Å². The molecule has 20 heavy (non-hydrogen) atoms. The third kappa shape index (κ3) is 4.28. The predicted molar refractivity (Wildman–Crippen MR) is 82.7 cm³/mol. The van der Waals surface area contributed by atoms with Crippen LogP contribution < -0.4 is 11.1 Å². The Hall–Kier alpha value is -2.00. The summed E-state index contributed by atoms with van der Waals surface area (Å²) in [4.78, 5) is 11.8. The van der Waals surface area contributed by atoms with E-state index in [4.69, 9.17) is 17.3 Å². The molecule has 0 aliphatic rings. The smallest absolute Gasteiger partial charge is 0.224 e. The topological polar surface area (TPSA) is 55.1 Å². The number of anilines is 1. The minimum Gasteiger partial charge on any atom is -0.398 e. The van der Waals surface area contributed by atoms with E-state index in [1.807, 2.05) is 42.5 Å². The molecule has 2 aromatic rings. The summed E-state index contributed by atoms with van der Waals surface area (Å²) in [6, 6.07) is 15.0. The Balaban J connectivity index is 1.80. The number of nitrogens with one attached hydrogen (secondary N) is 1. The van der Waals surface area contributed by atoms with E-state index in [2.05, 4.69) is 5.32 Å². The lowest BCUT2D eigenvalue weighted by Crippen LogP contribution is -2.27. The van der Waals surface area contributed by atoms with Gasteiger partial charge in [-0.2, -0.15) is 0 Å². The number of para-hydroxylation sites is 1. The molecule has 0 aliphatic carbocycles. The lowest BCUT2D eigenvalue weighted by Gasteiger charge is -2.07. The first-order valence-corrected chi connectivity index (χ1v) is 6.87. The Morgan fingerprint density at radius 1 is 1.15 bits per heavy atom. The number of rotatable bonds is 5. The summed E-state index contributed by atoms with van der Waals surface area (Å²) in [7, 11) is 0. The summed E-state index contributed by atoms with van der Waals surface area (Å²) in [6.07, 6.45) is 1.07. The molecular weight excluding hydrogens is 272 g/mol. The zero-order valence-electron chi connectivity index (χ0n) is 11.1. The van der Waals surface area contributed by atoms with E-state index in [-0.39, 0.29) is 5.91 Å². The standard InChI is InChI=1S/C16H17ClN2O/c17-14-6-3-4-12(10-14)8-9-19-16(20)11-13-5-1-2-7-15(13)18/h1-7,10H,8-9,11,18H2,(H,19,20). The van der Waals surface area contributed by atoms with Gasteiger partial charge in [-0.3, -0.25) is 4.79 Å². The molecule has 1 amide bonds. The van der Waals surface area contributed by atoms with Crippen molar-refractivity contribution in [2.75, 3.05) is 12.3 Å². The quantitative estimate of drug-likeness (QED) is 0.831. The normalized spacial score (nSPS) is 10.2. The molecular formula is C16H17ClN2O. The molecule has 3 N–H and O–H groups in total. The second kappa shape index (κ2) is 6.96. The summed E-state index contributed by atoms with van der Waals surface area (Å²) < 4.78 is 0. The Bertz CT molecular complexity index is 599. The van der Waals surface area contributed by atoms with Crippen LogP contribution in [0.2, 0.25) is 5.02 Å². The summed E-state index contributed by atoms with van der Waals surface area (Å²) in [5.74, 6) is -0.0232. The first-order chi connectivity index (χ1) is 9.65. The van der Waals surface area contributed by atoms with Gasteiger partial charge in [0.1, 0.15) is 0 Å². The molecule has 0 radical (unpaired) electrons. The van der Waals surface area contributed by atoms with E-state index < -0.39 is 0 Å². The Morgan fingerprint density at radius 2 is 1.95 bits per heavy atom. The molecule has 0 unspecified atom stereocenters. The van der Waals surface area contributed by atoms with Crippen molar-refractivity contribution in [2.45, 2.75) is 12.8 Å². The fraction of sp³-hybridized carbons (Fsp3) is 0.188. The van der Waals surface area contributed by atoms with Gasteiger partial charge in [-0.1, -0.05) is 41.9 Å². The van der Waals surface area contributed by atoms with E-state index in [1.54, 1.807) is 6.07 Å². The van der Waals surface area contributed by atoms with Crippen molar-refractivity contribution in [1.82, 2.24) is 5.32 Å². The maximum Gasteiger partial charge on any atom is 0.224 e. The van der Waals surface area contributed by atoms with E-state index in [0.717, 1.165) is 17.5 Å². The second-order valence-corrected chi connectivity index (χ2v) is 5.04. The maximum atomic E-state index is 11.8.